The summed E-state index contributed by atoms with van der Waals surface area (Å²) in [7, 11) is 0. The zero-order valence-electron chi connectivity index (χ0n) is 10.5. The van der Waals surface area contributed by atoms with Gasteiger partial charge in [-0.25, -0.2) is 4.79 Å². The first-order valence-electron chi connectivity index (χ1n) is 6.41. The van der Waals surface area contributed by atoms with E-state index in [1.54, 1.807) is 0 Å². The fourth-order valence-electron chi connectivity index (χ4n) is 3.11. The Bertz CT molecular complexity index is 267. The number of hydrogen-bond donors (Lipinski definition) is 2. The van der Waals surface area contributed by atoms with E-state index in [-0.39, 0.29) is 12.1 Å². The van der Waals surface area contributed by atoms with Crippen LogP contribution in [0.15, 0.2) is 0 Å². The number of carbonyl (C=O) groups excluding carboxylic acids is 1. The molecule has 2 amide bonds. The molecule has 0 saturated carbocycles. The average Bonchev–Trinajstić information content (AvgIpc) is 2.74. The standard InChI is InChI=1S/C12H23N3O/c1-4-11-10-6-13-5-9(10)7-15(11)12(16)14-8(2)3/h8-11,13H,4-7H2,1-3H3,(H,14,16). The Morgan fingerprint density at radius 3 is 2.88 bits per heavy atom. The third kappa shape index (κ3) is 2.03. The molecule has 2 aliphatic heterocycles. The molecule has 0 bridgehead atoms. The fourth-order valence-corrected chi connectivity index (χ4v) is 3.11. The molecule has 3 atom stereocenters. The average molecular weight is 225 g/mol. The van der Waals surface area contributed by atoms with Crippen LogP contribution in [0.2, 0.25) is 0 Å². The summed E-state index contributed by atoms with van der Waals surface area (Å²) in [6.07, 6.45) is 1.06. The number of fused-ring (bicyclic) bond motifs is 1. The predicted molar refractivity (Wildman–Crippen MR) is 64.3 cm³/mol. The molecule has 2 fully saturated rings. The van der Waals surface area contributed by atoms with Crippen molar-refractivity contribution >= 4 is 6.03 Å². The van der Waals surface area contributed by atoms with Crippen LogP contribution in [0, 0.1) is 11.8 Å². The van der Waals surface area contributed by atoms with Crippen LogP contribution < -0.4 is 10.6 Å². The normalized spacial score (nSPS) is 33.2. The van der Waals surface area contributed by atoms with Gasteiger partial charge in [0.1, 0.15) is 0 Å². The van der Waals surface area contributed by atoms with Crippen molar-refractivity contribution in [3.05, 3.63) is 0 Å². The number of nitrogens with one attached hydrogen (secondary N) is 2. The lowest BCUT2D eigenvalue weighted by molar-refractivity contribution is 0.180. The smallest absolute Gasteiger partial charge is 0.317 e. The number of urea groups is 1. The van der Waals surface area contributed by atoms with Crippen molar-refractivity contribution in [2.45, 2.75) is 39.3 Å². The molecule has 16 heavy (non-hydrogen) atoms. The van der Waals surface area contributed by atoms with Gasteiger partial charge in [0, 0.05) is 31.7 Å². The molecule has 0 spiro atoms. The Morgan fingerprint density at radius 1 is 1.50 bits per heavy atom. The third-order valence-electron chi connectivity index (χ3n) is 3.81. The van der Waals surface area contributed by atoms with Crippen LogP contribution in [0.3, 0.4) is 0 Å². The number of carbonyl (C=O) groups is 1. The predicted octanol–water partition coefficient (Wildman–Crippen LogP) is 1.03. The highest BCUT2D eigenvalue weighted by Gasteiger charge is 2.45. The van der Waals surface area contributed by atoms with Gasteiger partial charge in [-0.1, -0.05) is 6.92 Å². The first-order valence-corrected chi connectivity index (χ1v) is 6.41. The fraction of sp³-hybridized carbons (Fsp3) is 0.917. The van der Waals surface area contributed by atoms with Gasteiger partial charge in [-0.3, -0.25) is 0 Å². The van der Waals surface area contributed by atoms with Crippen LogP contribution in [0.1, 0.15) is 27.2 Å². The van der Waals surface area contributed by atoms with Crippen molar-refractivity contribution in [3.8, 4) is 0 Å². The second-order valence-electron chi connectivity index (χ2n) is 5.31. The van der Waals surface area contributed by atoms with Gasteiger partial charge < -0.3 is 15.5 Å². The summed E-state index contributed by atoms with van der Waals surface area (Å²) in [5.41, 5.74) is 0. The Morgan fingerprint density at radius 2 is 2.25 bits per heavy atom. The molecule has 0 aromatic rings. The maximum atomic E-state index is 12.1. The SMILES string of the molecule is CCC1C2CNCC2CN1C(=O)NC(C)C. The van der Waals surface area contributed by atoms with Gasteiger partial charge in [0.25, 0.3) is 0 Å². The lowest BCUT2D eigenvalue weighted by Crippen LogP contribution is -2.47. The van der Waals surface area contributed by atoms with Crippen molar-refractivity contribution in [1.29, 1.82) is 0 Å². The van der Waals surface area contributed by atoms with Gasteiger partial charge in [-0.2, -0.15) is 0 Å². The van der Waals surface area contributed by atoms with E-state index < -0.39 is 0 Å². The molecule has 0 aromatic carbocycles. The van der Waals surface area contributed by atoms with Crippen LogP contribution in [-0.2, 0) is 0 Å². The topological polar surface area (TPSA) is 44.4 Å². The van der Waals surface area contributed by atoms with E-state index in [2.05, 4.69) is 22.5 Å². The summed E-state index contributed by atoms with van der Waals surface area (Å²) in [4.78, 5) is 14.1. The maximum absolute atomic E-state index is 12.1. The number of hydrogen-bond acceptors (Lipinski definition) is 2. The quantitative estimate of drug-likeness (QED) is 0.737. The molecular formula is C12H23N3O. The molecule has 2 rings (SSSR count). The van der Waals surface area contributed by atoms with Crippen molar-refractivity contribution in [2.24, 2.45) is 11.8 Å². The minimum atomic E-state index is 0.122. The second kappa shape index (κ2) is 4.62. The number of nitrogens with zero attached hydrogens (tertiary/aromatic N) is 1. The molecule has 0 aliphatic carbocycles. The lowest BCUT2D eigenvalue weighted by atomic mass is 9.93. The van der Waals surface area contributed by atoms with Crippen LogP contribution >= 0.6 is 0 Å². The summed E-state index contributed by atoms with van der Waals surface area (Å²) in [5, 5.41) is 6.44. The minimum absolute atomic E-state index is 0.122. The monoisotopic (exact) mass is 225 g/mol. The summed E-state index contributed by atoms with van der Waals surface area (Å²) < 4.78 is 0. The molecule has 2 aliphatic rings. The van der Waals surface area contributed by atoms with E-state index in [0.717, 1.165) is 26.1 Å². The van der Waals surface area contributed by atoms with Crippen molar-refractivity contribution < 1.29 is 4.79 Å². The van der Waals surface area contributed by atoms with Crippen molar-refractivity contribution in [2.75, 3.05) is 19.6 Å². The highest BCUT2D eigenvalue weighted by Crippen LogP contribution is 2.34. The Labute approximate surface area is 97.8 Å². The zero-order chi connectivity index (χ0) is 11.7. The molecule has 2 heterocycles. The van der Waals surface area contributed by atoms with E-state index in [4.69, 9.17) is 0 Å². The summed E-state index contributed by atoms with van der Waals surface area (Å²) in [5.74, 6) is 1.34. The lowest BCUT2D eigenvalue weighted by Gasteiger charge is -2.28. The zero-order valence-corrected chi connectivity index (χ0v) is 10.5. The van der Waals surface area contributed by atoms with Gasteiger partial charge in [-0.15, -0.1) is 0 Å². The van der Waals surface area contributed by atoms with Gasteiger partial charge in [0.2, 0.25) is 0 Å². The van der Waals surface area contributed by atoms with Crippen LogP contribution in [0.4, 0.5) is 4.79 Å². The van der Waals surface area contributed by atoms with Crippen molar-refractivity contribution in [1.82, 2.24) is 15.5 Å². The van der Waals surface area contributed by atoms with Crippen molar-refractivity contribution in [3.63, 3.8) is 0 Å². The van der Waals surface area contributed by atoms with E-state index in [0.29, 0.717) is 17.9 Å². The Kier molecular flexibility index (Phi) is 3.38. The Hall–Kier alpha value is -0.770. The molecular weight excluding hydrogens is 202 g/mol. The molecule has 0 aromatic heterocycles. The van der Waals surface area contributed by atoms with Crippen LogP contribution in [0.5, 0.6) is 0 Å². The number of amides is 2. The van der Waals surface area contributed by atoms with Gasteiger partial charge >= 0.3 is 6.03 Å². The third-order valence-corrected chi connectivity index (χ3v) is 3.81. The number of likely N-dealkylation sites (tertiary alicyclic amines) is 1. The van der Waals surface area contributed by atoms with E-state index in [1.807, 2.05) is 13.8 Å². The first-order chi connectivity index (χ1) is 7.63. The number of rotatable bonds is 2. The largest absolute Gasteiger partial charge is 0.336 e. The molecule has 3 unspecified atom stereocenters. The molecule has 4 heteroatoms. The summed E-state index contributed by atoms with van der Waals surface area (Å²) in [6, 6.07) is 0.776. The Balaban J connectivity index is 2.02. The summed E-state index contributed by atoms with van der Waals surface area (Å²) in [6.45, 7) is 9.28. The summed E-state index contributed by atoms with van der Waals surface area (Å²) >= 11 is 0. The molecule has 4 nitrogen and oxygen atoms in total. The van der Waals surface area contributed by atoms with Crippen LogP contribution in [-0.4, -0.2) is 42.6 Å². The molecule has 2 saturated heterocycles. The van der Waals surface area contributed by atoms with Crippen LogP contribution in [0.25, 0.3) is 0 Å². The molecule has 0 radical (unpaired) electrons. The van der Waals surface area contributed by atoms with E-state index >= 15 is 0 Å². The van der Waals surface area contributed by atoms with E-state index in [1.165, 1.54) is 0 Å². The maximum Gasteiger partial charge on any atom is 0.317 e. The van der Waals surface area contributed by atoms with Gasteiger partial charge in [0.15, 0.2) is 0 Å². The molecule has 2 N–H and O–H groups in total. The highest BCUT2D eigenvalue weighted by molar-refractivity contribution is 5.75. The molecule has 92 valence electrons. The van der Waals surface area contributed by atoms with Gasteiger partial charge in [0.05, 0.1) is 0 Å². The second-order valence-corrected chi connectivity index (χ2v) is 5.31. The van der Waals surface area contributed by atoms with Gasteiger partial charge in [-0.05, 0) is 32.1 Å². The van der Waals surface area contributed by atoms with E-state index in [9.17, 15) is 4.79 Å². The highest BCUT2D eigenvalue weighted by atomic mass is 16.2. The minimum Gasteiger partial charge on any atom is -0.336 e. The first kappa shape index (κ1) is 11.7.